The maximum atomic E-state index is 14.3. The predicted octanol–water partition coefficient (Wildman–Crippen LogP) is 5.18. The molecule has 10 heteroatoms. The summed E-state index contributed by atoms with van der Waals surface area (Å²) in [5.41, 5.74) is 2.42. The number of nitrogens with one attached hydrogen (secondary N) is 1. The molecule has 4 bridgehead atoms. The summed E-state index contributed by atoms with van der Waals surface area (Å²) in [6.45, 7) is 7.23. The molecule has 2 fully saturated rings. The van der Waals surface area contributed by atoms with Gasteiger partial charge in [0.1, 0.15) is 18.2 Å². The Bertz CT molecular complexity index is 1270. The lowest BCUT2D eigenvalue weighted by Gasteiger charge is -2.42. The van der Waals surface area contributed by atoms with Gasteiger partial charge < -0.3 is 24.4 Å². The molecular formula is C33H45N3O7. The molecule has 1 saturated heterocycles. The monoisotopic (exact) mass is 595 g/mol. The Hall–Kier alpha value is -3.56. The van der Waals surface area contributed by atoms with Crippen LogP contribution in [0.25, 0.3) is 6.08 Å². The van der Waals surface area contributed by atoms with Crippen molar-refractivity contribution < 1.29 is 33.4 Å². The molecule has 3 aliphatic heterocycles. The van der Waals surface area contributed by atoms with Crippen LogP contribution in [0.5, 0.6) is 0 Å². The molecule has 43 heavy (non-hydrogen) atoms. The number of carbonyl (C=O) groups excluding carboxylic acids is 4. The number of cyclic esters (lactones) is 1. The second-order valence-electron chi connectivity index (χ2n) is 13.6. The van der Waals surface area contributed by atoms with Gasteiger partial charge in [-0.2, -0.15) is 0 Å². The fourth-order valence-corrected chi connectivity index (χ4v) is 6.96. The van der Waals surface area contributed by atoms with Gasteiger partial charge in [-0.25, -0.2) is 14.4 Å². The van der Waals surface area contributed by atoms with E-state index in [1.165, 1.54) is 12.0 Å². The lowest BCUT2D eigenvalue weighted by atomic mass is 9.70. The smallest absolute Gasteiger partial charge is 0.410 e. The maximum Gasteiger partial charge on any atom is 0.410 e. The van der Waals surface area contributed by atoms with Crippen LogP contribution in [0.1, 0.15) is 88.8 Å². The van der Waals surface area contributed by atoms with E-state index in [4.69, 9.17) is 14.2 Å². The summed E-state index contributed by atoms with van der Waals surface area (Å²) in [7, 11) is 1.28. The molecule has 4 aliphatic rings. The Morgan fingerprint density at radius 3 is 2.56 bits per heavy atom. The summed E-state index contributed by atoms with van der Waals surface area (Å²) in [6, 6.07) is 4.23. The molecule has 1 aromatic rings. The van der Waals surface area contributed by atoms with Gasteiger partial charge in [-0.05, 0) is 53.2 Å². The van der Waals surface area contributed by atoms with Crippen LogP contribution in [0, 0.1) is 10.8 Å². The van der Waals surface area contributed by atoms with Crippen LogP contribution in [0.2, 0.25) is 0 Å². The molecule has 10 nitrogen and oxygen atoms in total. The van der Waals surface area contributed by atoms with E-state index >= 15 is 0 Å². The summed E-state index contributed by atoms with van der Waals surface area (Å²) >= 11 is 0. The van der Waals surface area contributed by atoms with E-state index in [2.05, 4.69) is 31.3 Å². The number of hydrogen-bond acceptors (Lipinski definition) is 7. The molecule has 1 saturated carbocycles. The predicted molar refractivity (Wildman–Crippen MR) is 160 cm³/mol. The van der Waals surface area contributed by atoms with Crippen molar-refractivity contribution in [3.8, 4) is 0 Å². The number of alkyl carbamates (subject to hydrolysis) is 1. The van der Waals surface area contributed by atoms with Crippen LogP contribution in [-0.4, -0.2) is 72.3 Å². The van der Waals surface area contributed by atoms with Gasteiger partial charge in [-0.1, -0.05) is 70.4 Å². The number of fused-ring (bicyclic) bond motifs is 3. The molecular weight excluding hydrogens is 550 g/mol. The van der Waals surface area contributed by atoms with Crippen LogP contribution < -0.4 is 5.32 Å². The van der Waals surface area contributed by atoms with Crippen LogP contribution in [0.3, 0.4) is 0 Å². The van der Waals surface area contributed by atoms with E-state index < -0.39 is 41.8 Å². The Morgan fingerprint density at radius 1 is 1.05 bits per heavy atom. The fraction of sp³-hybridized carbons (Fsp3) is 0.636. The van der Waals surface area contributed by atoms with Crippen LogP contribution >= 0.6 is 0 Å². The molecule has 1 aromatic carbocycles. The minimum absolute atomic E-state index is 0.0372. The molecule has 1 aliphatic carbocycles. The third kappa shape index (κ3) is 6.83. The van der Waals surface area contributed by atoms with E-state index in [1.807, 2.05) is 25.1 Å². The van der Waals surface area contributed by atoms with Crippen LogP contribution in [-0.2, 0) is 36.9 Å². The highest BCUT2D eigenvalue weighted by Gasteiger charge is 2.49. The van der Waals surface area contributed by atoms with E-state index in [0.29, 0.717) is 13.1 Å². The number of benzene rings is 1. The van der Waals surface area contributed by atoms with Crippen molar-refractivity contribution in [3.05, 3.63) is 41.0 Å². The summed E-state index contributed by atoms with van der Waals surface area (Å²) in [6.07, 6.45) is 8.56. The maximum absolute atomic E-state index is 14.3. The van der Waals surface area contributed by atoms with E-state index in [0.717, 1.165) is 61.6 Å². The van der Waals surface area contributed by atoms with Gasteiger partial charge in [0.05, 0.1) is 26.8 Å². The molecule has 0 unspecified atom stereocenters. The highest BCUT2D eigenvalue weighted by Crippen LogP contribution is 2.40. The summed E-state index contributed by atoms with van der Waals surface area (Å²) in [5.74, 6) is -0.959. The highest BCUT2D eigenvalue weighted by molar-refractivity contribution is 5.91. The highest BCUT2D eigenvalue weighted by atomic mass is 16.6. The van der Waals surface area contributed by atoms with Gasteiger partial charge in [-0.3, -0.25) is 9.69 Å². The van der Waals surface area contributed by atoms with Gasteiger partial charge in [0.15, 0.2) is 0 Å². The van der Waals surface area contributed by atoms with Crippen LogP contribution in [0.4, 0.5) is 9.59 Å². The lowest BCUT2D eigenvalue weighted by Crippen LogP contribution is -2.59. The minimum Gasteiger partial charge on any atom is -0.467 e. The molecule has 3 atom stereocenters. The third-order valence-corrected chi connectivity index (χ3v) is 9.65. The van der Waals surface area contributed by atoms with Crippen molar-refractivity contribution in [1.29, 1.82) is 0 Å². The van der Waals surface area contributed by atoms with Gasteiger partial charge >= 0.3 is 18.2 Å². The van der Waals surface area contributed by atoms with Gasteiger partial charge in [-0.15, -0.1) is 0 Å². The van der Waals surface area contributed by atoms with Gasteiger partial charge in [0.2, 0.25) is 5.91 Å². The first-order valence-electron chi connectivity index (χ1n) is 15.5. The number of nitrogens with zero attached hydrogens (tertiary/aromatic N) is 2. The number of allylic oxidation sites excluding steroid dienone is 1. The van der Waals surface area contributed by atoms with Crippen molar-refractivity contribution in [2.75, 3.05) is 20.3 Å². The molecule has 3 amide bonds. The second-order valence-corrected chi connectivity index (χ2v) is 13.6. The number of rotatable bonds is 2. The van der Waals surface area contributed by atoms with Crippen molar-refractivity contribution in [3.63, 3.8) is 0 Å². The molecule has 0 aromatic heterocycles. The Kier molecular flexibility index (Phi) is 9.04. The fourth-order valence-electron chi connectivity index (χ4n) is 6.96. The van der Waals surface area contributed by atoms with Gasteiger partial charge in [0.25, 0.3) is 0 Å². The molecule has 3 heterocycles. The number of carbonyl (C=O) groups is 4. The second kappa shape index (κ2) is 12.6. The van der Waals surface area contributed by atoms with Crippen molar-refractivity contribution in [2.45, 2.75) is 103 Å². The largest absolute Gasteiger partial charge is 0.467 e. The van der Waals surface area contributed by atoms with E-state index in [-0.39, 0.29) is 30.9 Å². The Balaban J connectivity index is 1.45. The first-order valence-corrected chi connectivity index (χ1v) is 15.5. The van der Waals surface area contributed by atoms with Crippen molar-refractivity contribution in [1.82, 2.24) is 15.1 Å². The number of methoxy groups -OCH3 is 1. The molecule has 1 N–H and O–H groups in total. The molecule has 234 valence electrons. The first-order chi connectivity index (χ1) is 20.5. The summed E-state index contributed by atoms with van der Waals surface area (Å²) in [5, 5.41) is 2.90. The minimum atomic E-state index is -0.927. The normalized spacial score (nSPS) is 28.4. The number of hydrogen-bond donors (Lipinski definition) is 1. The van der Waals surface area contributed by atoms with Crippen molar-refractivity contribution in [2.24, 2.45) is 10.8 Å². The number of ether oxygens (including phenoxy) is 3. The van der Waals surface area contributed by atoms with Crippen molar-refractivity contribution >= 4 is 30.1 Å². The van der Waals surface area contributed by atoms with Gasteiger partial charge in [0, 0.05) is 13.0 Å². The topological polar surface area (TPSA) is 114 Å². The average molecular weight is 596 g/mol. The third-order valence-electron chi connectivity index (χ3n) is 9.65. The SMILES string of the molecule is COC(=O)[C@@H]1C[C@@H]2CN1C(=O)[C@H](C1(C)CCCCC1)NC(=O)OCC(C)(C)CC/C=C/c1cccc3c1CN(C3)C(=O)O2. The lowest BCUT2D eigenvalue weighted by molar-refractivity contribution is -0.153. The molecule has 0 radical (unpaired) electrons. The standard InChI is InChI=1S/C33H45N3O7/c1-32(2)14-9-6-11-22-12-10-13-23-18-35(20-25(22)23)31(40)43-24-17-26(29(38)41-4)36(19-24)28(37)27(34-30(39)42-21-32)33(3)15-7-5-8-16-33/h6,10-13,24,26-27H,5,7-9,14-21H2,1-4H3,(H,34,39)/b11-6+/t24-,26+,27-/m1/s1. The Morgan fingerprint density at radius 2 is 1.81 bits per heavy atom. The van der Waals surface area contributed by atoms with E-state index in [1.54, 1.807) is 4.90 Å². The summed E-state index contributed by atoms with van der Waals surface area (Å²) < 4.78 is 16.7. The number of amides is 3. The zero-order valence-electron chi connectivity index (χ0n) is 25.9. The van der Waals surface area contributed by atoms with Crippen LogP contribution in [0.15, 0.2) is 24.3 Å². The Labute approximate surface area is 254 Å². The molecule has 5 rings (SSSR count). The first kappa shape index (κ1) is 30.9. The zero-order chi connectivity index (χ0) is 30.8. The molecule has 0 spiro atoms. The average Bonchev–Trinajstić information content (AvgIpc) is 3.61. The number of esters is 1. The zero-order valence-corrected chi connectivity index (χ0v) is 25.9. The van der Waals surface area contributed by atoms with E-state index in [9.17, 15) is 19.2 Å². The summed E-state index contributed by atoms with van der Waals surface area (Å²) in [4.78, 5) is 56.8. The quantitative estimate of drug-likeness (QED) is 0.370.